The number of carbonyl (C=O) groups is 1. The zero-order valence-corrected chi connectivity index (χ0v) is 14.4. The number of methoxy groups -OCH3 is 1. The maximum absolute atomic E-state index is 12.8. The van der Waals surface area contributed by atoms with Crippen LogP contribution in [0.2, 0.25) is 0 Å². The van der Waals surface area contributed by atoms with Gasteiger partial charge in [0.2, 0.25) is 0 Å². The Morgan fingerprint density at radius 1 is 1.09 bits per heavy atom. The maximum atomic E-state index is 12.8. The molecule has 1 amide bonds. The first-order valence-electron chi connectivity index (χ1n) is 7.18. The van der Waals surface area contributed by atoms with Gasteiger partial charge in [0, 0.05) is 16.9 Å². The van der Waals surface area contributed by atoms with Gasteiger partial charge in [-0.15, -0.1) is 22.7 Å². The highest BCUT2D eigenvalue weighted by atomic mass is 32.1. The predicted octanol–water partition coefficient (Wildman–Crippen LogP) is 4.39. The summed E-state index contributed by atoms with van der Waals surface area (Å²) in [6.45, 7) is 1.52. The number of rotatable bonds is 7. The lowest BCUT2D eigenvalue weighted by Crippen LogP contribution is -2.29. The van der Waals surface area contributed by atoms with Crippen molar-refractivity contribution in [3.8, 4) is 0 Å². The lowest BCUT2D eigenvalue weighted by molar-refractivity contribution is 0.0693. The van der Waals surface area contributed by atoms with Crippen molar-refractivity contribution in [3.05, 3.63) is 68.4 Å². The number of amides is 1. The molecule has 6 heteroatoms. The topological polar surface area (TPSA) is 42.7 Å². The molecular formula is C17H17NO3S2. The van der Waals surface area contributed by atoms with Gasteiger partial charge in [-0.05, 0) is 35.0 Å². The Morgan fingerprint density at radius 3 is 2.26 bits per heavy atom. The number of thiophene rings is 2. The highest BCUT2D eigenvalue weighted by Gasteiger charge is 2.20. The van der Waals surface area contributed by atoms with Gasteiger partial charge >= 0.3 is 0 Å². The zero-order valence-electron chi connectivity index (χ0n) is 12.7. The van der Waals surface area contributed by atoms with Crippen molar-refractivity contribution in [2.75, 3.05) is 7.11 Å². The lowest BCUT2D eigenvalue weighted by Gasteiger charge is -2.20. The molecule has 0 fully saturated rings. The number of carbonyl (C=O) groups excluding carboxylic acids is 1. The van der Waals surface area contributed by atoms with Gasteiger partial charge < -0.3 is 14.1 Å². The van der Waals surface area contributed by atoms with Crippen molar-refractivity contribution in [2.45, 2.75) is 19.7 Å². The second kappa shape index (κ2) is 7.59. The molecular weight excluding hydrogens is 330 g/mol. The first kappa shape index (κ1) is 16.0. The van der Waals surface area contributed by atoms with Gasteiger partial charge in [0.25, 0.3) is 5.91 Å². The molecule has 0 spiro atoms. The molecule has 0 aliphatic carbocycles. The minimum absolute atomic E-state index is 0.103. The van der Waals surface area contributed by atoms with Gasteiger partial charge in [-0.3, -0.25) is 4.79 Å². The van der Waals surface area contributed by atoms with Gasteiger partial charge in [0.1, 0.15) is 12.4 Å². The molecule has 0 atom stereocenters. The Labute approximate surface area is 142 Å². The van der Waals surface area contributed by atoms with Crippen LogP contribution < -0.4 is 0 Å². The molecule has 3 aromatic rings. The van der Waals surface area contributed by atoms with E-state index in [4.69, 9.17) is 9.15 Å². The van der Waals surface area contributed by atoms with Crippen LogP contribution in [0.15, 0.2) is 51.6 Å². The monoisotopic (exact) mass is 347 g/mol. The lowest BCUT2D eigenvalue weighted by atomic mass is 10.3. The summed E-state index contributed by atoms with van der Waals surface area (Å²) in [6, 6.07) is 11.6. The summed E-state index contributed by atoms with van der Waals surface area (Å²) < 4.78 is 10.6. The molecule has 0 aliphatic rings. The molecule has 3 rings (SSSR count). The van der Waals surface area contributed by atoms with E-state index in [0.717, 1.165) is 9.75 Å². The van der Waals surface area contributed by atoms with Crippen molar-refractivity contribution in [1.82, 2.24) is 4.90 Å². The minimum Gasteiger partial charge on any atom is -0.453 e. The van der Waals surface area contributed by atoms with Crippen LogP contribution in [-0.2, 0) is 24.4 Å². The maximum Gasteiger partial charge on any atom is 0.290 e. The van der Waals surface area contributed by atoms with Crippen molar-refractivity contribution in [2.24, 2.45) is 0 Å². The second-order valence-electron chi connectivity index (χ2n) is 5.02. The molecule has 3 aromatic heterocycles. The fourth-order valence-corrected chi connectivity index (χ4v) is 3.69. The first-order valence-corrected chi connectivity index (χ1v) is 8.94. The Bertz CT molecular complexity index is 696. The standard InChI is InChI=1S/C17H17NO3S2/c1-20-12-13-6-7-16(21-13)17(19)18(10-14-4-2-8-22-14)11-15-5-3-9-23-15/h2-9H,10-12H2,1H3. The summed E-state index contributed by atoms with van der Waals surface area (Å²) in [5.41, 5.74) is 0. The summed E-state index contributed by atoms with van der Waals surface area (Å²) in [4.78, 5) is 16.9. The third-order valence-electron chi connectivity index (χ3n) is 3.30. The van der Waals surface area contributed by atoms with E-state index in [1.807, 2.05) is 39.9 Å². The molecule has 3 heterocycles. The zero-order chi connectivity index (χ0) is 16.1. The molecule has 0 saturated carbocycles. The first-order chi connectivity index (χ1) is 11.3. The third-order valence-corrected chi connectivity index (χ3v) is 5.02. The number of ether oxygens (including phenoxy) is 1. The number of nitrogens with zero attached hydrogens (tertiary/aromatic N) is 1. The van der Waals surface area contributed by atoms with E-state index in [-0.39, 0.29) is 5.91 Å². The Balaban J connectivity index is 1.79. The summed E-state index contributed by atoms with van der Waals surface area (Å²) in [7, 11) is 1.60. The molecule has 0 unspecified atom stereocenters. The Hall–Kier alpha value is -1.89. The molecule has 120 valence electrons. The normalized spacial score (nSPS) is 10.8. The third kappa shape index (κ3) is 4.10. The summed E-state index contributed by atoms with van der Waals surface area (Å²) in [5.74, 6) is 0.905. The molecule has 0 aromatic carbocycles. The molecule has 0 radical (unpaired) electrons. The SMILES string of the molecule is COCc1ccc(C(=O)N(Cc2cccs2)Cc2cccs2)o1. The molecule has 4 nitrogen and oxygen atoms in total. The van der Waals surface area contributed by atoms with Crippen LogP contribution in [0, 0.1) is 0 Å². The largest absolute Gasteiger partial charge is 0.453 e. The van der Waals surface area contributed by atoms with Crippen LogP contribution in [0.1, 0.15) is 26.1 Å². The fraction of sp³-hybridized carbons (Fsp3) is 0.235. The smallest absolute Gasteiger partial charge is 0.290 e. The van der Waals surface area contributed by atoms with E-state index < -0.39 is 0 Å². The van der Waals surface area contributed by atoms with Gasteiger partial charge in [-0.25, -0.2) is 0 Å². The van der Waals surface area contributed by atoms with E-state index in [9.17, 15) is 4.79 Å². The van der Waals surface area contributed by atoms with Crippen LogP contribution in [0.3, 0.4) is 0 Å². The number of furan rings is 1. The van der Waals surface area contributed by atoms with Crippen molar-refractivity contribution < 1.29 is 13.9 Å². The van der Waals surface area contributed by atoms with Crippen LogP contribution in [0.25, 0.3) is 0 Å². The van der Waals surface area contributed by atoms with E-state index in [2.05, 4.69) is 0 Å². The van der Waals surface area contributed by atoms with Gasteiger partial charge in [-0.1, -0.05) is 12.1 Å². The summed E-state index contributed by atoms with van der Waals surface area (Å²) >= 11 is 3.30. The summed E-state index contributed by atoms with van der Waals surface area (Å²) in [6.07, 6.45) is 0. The van der Waals surface area contributed by atoms with Crippen LogP contribution in [0.5, 0.6) is 0 Å². The molecule has 23 heavy (non-hydrogen) atoms. The molecule has 0 N–H and O–H groups in total. The van der Waals surface area contributed by atoms with E-state index >= 15 is 0 Å². The van der Waals surface area contributed by atoms with Gasteiger partial charge in [0.05, 0.1) is 13.1 Å². The molecule has 0 aliphatic heterocycles. The molecule has 0 bridgehead atoms. The van der Waals surface area contributed by atoms with Crippen LogP contribution in [-0.4, -0.2) is 17.9 Å². The predicted molar refractivity (Wildman–Crippen MR) is 91.6 cm³/mol. The quantitative estimate of drug-likeness (QED) is 0.636. The Morgan fingerprint density at radius 2 is 1.74 bits per heavy atom. The number of hydrogen-bond donors (Lipinski definition) is 0. The van der Waals surface area contributed by atoms with Crippen molar-refractivity contribution in [1.29, 1.82) is 0 Å². The van der Waals surface area contributed by atoms with Crippen molar-refractivity contribution >= 4 is 28.6 Å². The number of hydrogen-bond acceptors (Lipinski definition) is 5. The fourth-order valence-electron chi connectivity index (χ4n) is 2.25. The van der Waals surface area contributed by atoms with Crippen molar-refractivity contribution in [3.63, 3.8) is 0 Å². The van der Waals surface area contributed by atoms with Crippen LogP contribution >= 0.6 is 22.7 Å². The van der Waals surface area contributed by atoms with Gasteiger partial charge in [-0.2, -0.15) is 0 Å². The summed E-state index contributed by atoms with van der Waals surface area (Å²) in [5, 5.41) is 4.04. The molecule has 0 saturated heterocycles. The second-order valence-corrected chi connectivity index (χ2v) is 7.08. The average Bonchev–Trinajstić information content (AvgIpc) is 3.29. The average molecular weight is 347 g/mol. The van der Waals surface area contributed by atoms with E-state index in [1.54, 1.807) is 41.9 Å². The van der Waals surface area contributed by atoms with Crippen LogP contribution in [0.4, 0.5) is 0 Å². The highest BCUT2D eigenvalue weighted by Crippen LogP contribution is 2.20. The minimum atomic E-state index is -0.103. The Kier molecular flexibility index (Phi) is 5.27. The van der Waals surface area contributed by atoms with Gasteiger partial charge in [0.15, 0.2) is 5.76 Å². The highest BCUT2D eigenvalue weighted by molar-refractivity contribution is 7.10. The van der Waals surface area contributed by atoms with E-state index in [0.29, 0.717) is 31.2 Å². The van der Waals surface area contributed by atoms with E-state index in [1.165, 1.54) is 0 Å².